The summed E-state index contributed by atoms with van der Waals surface area (Å²) in [5, 5.41) is 12.2. The van der Waals surface area contributed by atoms with Gasteiger partial charge in [-0.1, -0.05) is 32.4 Å². The third-order valence-electron chi connectivity index (χ3n) is 4.18. The SMILES string of the molecule is COC(=O)C[C@@H](Nc1nc(Cl)c(C#N)c(C2CC2)c1F)C(C)(C)C. The molecule has 0 saturated heterocycles. The fourth-order valence-electron chi connectivity index (χ4n) is 2.50. The first kappa shape index (κ1) is 18.5. The molecule has 0 amide bonds. The van der Waals surface area contributed by atoms with Crippen molar-refractivity contribution in [3.8, 4) is 6.07 Å². The number of hydrogen-bond donors (Lipinski definition) is 1. The molecule has 0 unspecified atom stereocenters. The minimum Gasteiger partial charge on any atom is -0.469 e. The van der Waals surface area contributed by atoms with Crippen LogP contribution in [0.1, 0.15) is 57.1 Å². The van der Waals surface area contributed by atoms with Crippen molar-refractivity contribution in [3.63, 3.8) is 0 Å². The number of nitrogens with one attached hydrogen (secondary N) is 1. The molecule has 24 heavy (non-hydrogen) atoms. The Morgan fingerprint density at radius 3 is 2.62 bits per heavy atom. The topological polar surface area (TPSA) is 75.0 Å². The van der Waals surface area contributed by atoms with Gasteiger partial charge in [-0.3, -0.25) is 4.79 Å². The molecule has 1 aliphatic carbocycles. The maximum absolute atomic E-state index is 14.9. The number of carbonyl (C=O) groups is 1. The molecule has 1 fully saturated rings. The Balaban J connectivity index is 2.40. The Labute approximate surface area is 146 Å². The molecule has 1 atom stereocenters. The van der Waals surface area contributed by atoms with E-state index >= 15 is 0 Å². The number of nitrogens with zero attached hydrogens (tertiary/aromatic N) is 2. The number of hydrogen-bond acceptors (Lipinski definition) is 5. The van der Waals surface area contributed by atoms with Crippen LogP contribution >= 0.6 is 11.6 Å². The second kappa shape index (κ2) is 6.94. The largest absolute Gasteiger partial charge is 0.469 e. The van der Waals surface area contributed by atoms with E-state index in [4.69, 9.17) is 16.3 Å². The standard InChI is InChI=1S/C17H21ClFN3O2/c1-17(2,3)11(7-12(23)24-4)21-16-14(19)13(9-5-6-9)10(8-20)15(18)22-16/h9,11H,5-7H2,1-4H3,(H,21,22)/t11-/m1/s1. The summed E-state index contributed by atoms with van der Waals surface area (Å²) in [6.45, 7) is 5.79. The molecule has 0 aromatic carbocycles. The summed E-state index contributed by atoms with van der Waals surface area (Å²) in [5.41, 5.74) is 0.0795. The van der Waals surface area contributed by atoms with Crippen LogP contribution in [0.25, 0.3) is 0 Å². The fourth-order valence-corrected chi connectivity index (χ4v) is 2.73. The van der Waals surface area contributed by atoms with Gasteiger partial charge in [0.2, 0.25) is 0 Å². The highest BCUT2D eigenvalue weighted by atomic mass is 35.5. The molecule has 0 aliphatic heterocycles. The predicted molar refractivity (Wildman–Crippen MR) is 89.4 cm³/mol. The number of nitriles is 1. The number of anilines is 1. The molecule has 1 aromatic heterocycles. The normalized spacial score (nSPS) is 15.5. The molecule has 5 nitrogen and oxygen atoms in total. The van der Waals surface area contributed by atoms with Crippen molar-refractivity contribution in [3.05, 3.63) is 22.1 Å². The zero-order valence-corrected chi connectivity index (χ0v) is 15.0. The first-order chi connectivity index (χ1) is 11.2. The highest BCUT2D eigenvalue weighted by Crippen LogP contribution is 2.45. The molecule has 1 aromatic rings. The molecule has 0 radical (unpaired) electrons. The summed E-state index contributed by atoms with van der Waals surface area (Å²) in [6, 6.07) is 1.54. The average molecular weight is 354 g/mol. The van der Waals surface area contributed by atoms with E-state index in [-0.39, 0.29) is 34.3 Å². The Bertz CT molecular complexity index is 691. The summed E-state index contributed by atoms with van der Waals surface area (Å²) in [5.74, 6) is -0.971. The summed E-state index contributed by atoms with van der Waals surface area (Å²) in [6.07, 6.45) is 1.73. The number of rotatable bonds is 5. The van der Waals surface area contributed by atoms with E-state index in [0.29, 0.717) is 5.56 Å². The van der Waals surface area contributed by atoms with Crippen LogP contribution in [0.2, 0.25) is 5.15 Å². The van der Waals surface area contributed by atoms with Crippen LogP contribution in [0, 0.1) is 22.6 Å². The Morgan fingerprint density at radius 2 is 2.17 bits per heavy atom. The summed E-state index contributed by atoms with van der Waals surface area (Å²) >= 11 is 6.08. The van der Waals surface area contributed by atoms with E-state index in [1.165, 1.54) is 7.11 Å². The zero-order chi connectivity index (χ0) is 18.1. The molecule has 1 saturated carbocycles. The van der Waals surface area contributed by atoms with E-state index in [0.717, 1.165) is 12.8 Å². The van der Waals surface area contributed by atoms with Gasteiger partial charge in [-0.2, -0.15) is 5.26 Å². The number of pyridine rings is 1. The van der Waals surface area contributed by atoms with Crippen molar-refractivity contribution in [2.45, 2.75) is 52.0 Å². The predicted octanol–water partition coefficient (Wildman–Crippen LogP) is 4.01. The lowest BCUT2D eigenvalue weighted by Crippen LogP contribution is -2.37. The molecule has 1 aliphatic rings. The number of halogens is 2. The number of methoxy groups -OCH3 is 1. The van der Waals surface area contributed by atoms with E-state index in [9.17, 15) is 14.4 Å². The lowest BCUT2D eigenvalue weighted by atomic mass is 9.84. The highest BCUT2D eigenvalue weighted by molar-refractivity contribution is 6.30. The number of ether oxygens (including phenoxy) is 1. The van der Waals surface area contributed by atoms with Crippen molar-refractivity contribution < 1.29 is 13.9 Å². The van der Waals surface area contributed by atoms with E-state index < -0.39 is 17.8 Å². The van der Waals surface area contributed by atoms with Crippen LogP contribution in [0.5, 0.6) is 0 Å². The Kier molecular flexibility index (Phi) is 5.34. The van der Waals surface area contributed by atoms with Gasteiger partial charge in [0.1, 0.15) is 11.2 Å². The van der Waals surface area contributed by atoms with E-state index in [1.807, 2.05) is 26.8 Å². The Hall–Kier alpha value is -1.87. The van der Waals surface area contributed by atoms with Crippen LogP contribution in [0.15, 0.2) is 0 Å². The van der Waals surface area contributed by atoms with Crippen molar-refractivity contribution in [2.24, 2.45) is 5.41 Å². The minimum atomic E-state index is -0.558. The lowest BCUT2D eigenvalue weighted by molar-refractivity contribution is -0.141. The third kappa shape index (κ3) is 3.96. The van der Waals surface area contributed by atoms with Gasteiger partial charge >= 0.3 is 5.97 Å². The van der Waals surface area contributed by atoms with Gasteiger partial charge in [-0.15, -0.1) is 0 Å². The molecular formula is C17H21ClFN3O2. The quantitative estimate of drug-likeness (QED) is 0.639. The first-order valence-corrected chi connectivity index (χ1v) is 8.19. The summed E-state index contributed by atoms with van der Waals surface area (Å²) < 4.78 is 19.6. The van der Waals surface area contributed by atoms with Gasteiger partial charge in [-0.25, -0.2) is 9.37 Å². The molecule has 1 N–H and O–H groups in total. The number of aromatic nitrogens is 1. The molecule has 1 heterocycles. The maximum Gasteiger partial charge on any atom is 0.307 e. The molecular weight excluding hydrogens is 333 g/mol. The van der Waals surface area contributed by atoms with E-state index in [2.05, 4.69) is 10.3 Å². The lowest BCUT2D eigenvalue weighted by Gasteiger charge is -2.31. The van der Waals surface area contributed by atoms with Gasteiger partial charge in [0.05, 0.1) is 19.1 Å². The van der Waals surface area contributed by atoms with Gasteiger partial charge in [0, 0.05) is 11.6 Å². The average Bonchev–Trinajstić information content (AvgIpc) is 3.32. The van der Waals surface area contributed by atoms with Crippen molar-refractivity contribution in [1.29, 1.82) is 5.26 Å². The molecule has 7 heteroatoms. The van der Waals surface area contributed by atoms with Crippen LogP contribution in [0.4, 0.5) is 10.2 Å². The van der Waals surface area contributed by atoms with Crippen molar-refractivity contribution >= 4 is 23.4 Å². The number of carbonyl (C=O) groups excluding carboxylic acids is 1. The minimum absolute atomic E-state index is 0.00870. The summed E-state index contributed by atoms with van der Waals surface area (Å²) in [4.78, 5) is 15.7. The van der Waals surface area contributed by atoms with Crippen LogP contribution in [0.3, 0.4) is 0 Å². The van der Waals surface area contributed by atoms with Crippen molar-refractivity contribution in [2.75, 3.05) is 12.4 Å². The third-order valence-corrected chi connectivity index (χ3v) is 4.46. The van der Waals surface area contributed by atoms with Crippen LogP contribution in [-0.4, -0.2) is 24.1 Å². The monoisotopic (exact) mass is 353 g/mol. The van der Waals surface area contributed by atoms with Gasteiger partial charge < -0.3 is 10.1 Å². The first-order valence-electron chi connectivity index (χ1n) is 7.81. The number of esters is 1. The van der Waals surface area contributed by atoms with E-state index in [1.54, 1.807) is 0 Å². The van der Waals surface area contributed by atoms with Gasteiger partial charge in [-0.05, 0) is 24.2 Å². The Morgan fingerprint density at radius 1 is 1.54 bits per heavy atom. The maximum atomic E-state index is 14.9. The van der Waals surface area contributed by atoms with Crippen molar-refractivity contribution in [1.82, 2.24) is 4.98 Å². The van der Waals surface area contributed by atoms with Gasteiger partial charge in [0.15, 0.2) is 11.6 Å². The summed E-state index contributed by atoms with van der Waals surface area (Å²) in [7, 11) is 1.31. The second-order valence-corrected chi connectivity index (χ2v) is 7.44. The van der Waals surface area contributed by atoms with Crippen LogP contribution < -0.4 is 5.32 Å². The fraction of sp³-hybridized carbons (Fsp3) is 0.588. The highest BCUT2D eigenvalue weighted by Gasteiger charge is 2.34. The molecule has 0 spiro atoms. The van der Waals surface area contributed by atoms with Crippen LogP contribution in [-0.2, 0) is 9.53 Å². The zero-order valence-electron chi connectivity index (χ0n) is 14.2. The molecule has 0 bridgehead atoms. The smallest absolute Gasteiger partial charge is 0.307 e. The second-order valence-electron chi connectivity index (χ2n) is 7.08. The molecule has 2 rings (SSSR count). The molecule has 130 valence electrons. The van der Waals surface area contributed by atoms with Gasteiger partial charge in [0.25, 0.3) is 0 Å².